The monoisotopic (exact) mass is 206 g/mol. The van der Waals surface area contributed by atoms with Crippen LogP contribution in [0.2, 0.25) is 0 Å². The average Bonchev–Trinajstić information content (AvgIpc) is 2.18. The molecule has 0 aromatic heterocycles. The largest absolute Gasteiger partial charge is 0.480 e. The predicted octanol–water partition coefficient (Wildman–Crippen LogP) is 0.608. The van der Waals surface area contributed by atoms with Gasteiger partial charge in [-0.15, -0.1) is 0 Å². The molecule has 0 bridgehead atoms. The summed E-state index contributed by atoms with van der Waals surface area (Å²) in [6, 6.07) is 5.70. The normalized spacial score (nSPS) is 11.5. The second-order valence-electron chi connectivity index (χ2n) is 3.02. The molecule has 0 aliphatic heterocycles. The minimum atomic E-state index is -1.06. The Morgan fingerprint density at radius 1 is 1.60 bits per heavy atom. The summed E-state index contributed by atoms with van der Waals surface area (Å²) < 4.78 is 0. The third-order valence-corrected chi connectivity index (χ3v) is 1.86. The van der Waals surface area contributed by atoms with E-state index in [-0.39, 0.29) is 6.42 Å². The lowest BCUT2D eigenvalue weighted by Gasteiger charge is -2.06. The zero-order valence-electron chi connectivity index (χ0n) is 7.88. The number of carboxylic acid groups (broad SMARTS) is 1. The number of nitrogens with zero attached hydrogens (tertiary/aromatic N) is 1. The minimum absolute atomic E-state index is 0.206. The summed E-state index contributed by atoms with van der Waals surface area (Å²) in [6.07, 6.45) is 1.62. The molecule has 0 saturated carbocycles. The lowest BCUT2D eigenvalue weighted by molar-refractivity contribution is -0.138. The summed E-state index contributed by atoms with van der Waals surface area (Å²) in [6.45, 7) is 0. The van der Waals surface area contributed by atoms with Gasteiger partial charge in [0.1, 0.15) is 6.04 Å². The summed E-state index contributed by atoms with van der Waals surface area (Å²) in [4.78, 5) is 23.9. The molecule has 0 heterocycles. The molecule has 0 fully saturated rings. The predicted molar refractivity (Wildman–Crippen MR) is 53.5 cm³/mol. The number of carbonyl (C=O) groups excluding carboxylic acids is 1. The van der Waals surface area contributed by atoms with Crippen LogP contribution in [0, 0.1) is 0 Å². The Labute approximate surface area is 86.2 Å². The molecule has 0 aliphatic carbocycles. The number of rotatable bonds is 4. The fourth-order valence-corrected chi connectivity index (χ4v) is 1.15. The molecule has 5 nitrogen and oxygen atoms in total. The van der Waals surface area contributed by atoms with Crippen LogP contribution in [0.3, 0.4) is 0 Å². The van der Waals surface area contributed by atoms with Gasteiger partial charge in [-0.2, -0.15) is 4.99 Å². The van der Waals surface area contributed by atoms with Gasteiger partial charge >= 0.3 is 5.97 Å². The van der Waals surface area contributed by atoms with E-state index in [0.29, 0.717) is 5.69 Å². The van der Waals surface area contributed by atoms with E-state index in [4.69, 9.17) is 10.8 Å². The minimum Gasteiger partial charge on any atom is -0.480 e. The summed E-state index contributed by atoms with van der Waals surface area (Å²) in [5.41, 5.74) is 6.53. The van der Waals surface area contributed by atoms with E-state index < -0.39 is 12.0 Å². The number of benzene rings is 1. The third-order valence-electron chi connectivity index (χ3n) is 1.86. The Morgan fingerprint density at radius 2 is 2.33 bits per heavy atom. The van der Waals surface area contributed by atoms with Crippen molar-refractivity contribution in [1.29, 1.82) is 0 Å². The van der Waals surface area contributed by atoms with Gasteiger partial charge in [-0.1, -0.05) is 12.1 Å². The average molecular weight is 206 g/mol. The molecule has 1 unspecified atom stereocenters. The molecule has 0 spiro atoms. The van der Waals surface area contributed by atoms with Gasteiger partial charge in [0.05, 0.1) is 5.69 Å². The van der Waals surface area contributed by atoms with Gasteiger partial charge in [-0.05, 0) is 24.1 Å². The molecule has 15 heavy (non-hydrogen) atoms. The highest BCUT2D eigenvalue weighted by atomic mass is 16.4. The first-order valence-corrected chi connectivity index (χ1v) is 4.28. The summed E-state index contributed by atoms with van der Waals surface area (Å²) in [5.74, 6) is -1.06. The van der Waals surface area contributed by atoms with Crippen LogP contribution in [0.25, 0.3) is 0 Å². The Hall–Kier alpha value is -1.97. The summed E-state index contributed by atoms with van der Waals surface area (Å²) >= 11 is 0. The second kappa shape index (κ2) is 5.05. The maximum Gasteiger partial charge on any atom is 0.320 e. The number of aliphatic carboxylic acids is 1. The number of aliphatic imine (C=N–C) groups is 1. The number of nitrogens with two attached hydrogens (primary N) is 1. The zero-order chi connectivity index (χ0) is 11.3. The summed E-state index contributed by atoms with van der Waals surface area (Å²) in [5, 5.41) is 8.61. The topological polar surface area (TPSA) is 92.8 Å². The molecule has 78 valence electrons. The van der Waals surface area contributed by atoms with Gasteiger partial charge in [0, 0.05) is 0 Å². The fraction of sp³-hybridized carbons (Fsp3) is 0.200. The SMILES string of the molecule is NC(Cc1cccc(N=C=O)c1)C(=O)O. The van der Waals surface area contributed by atoms with Crippen molar-refractivity contribution in [3.63, 3.8) is 0 Å². The molecule has 1 aromatic rings. The molecular formula is C10H10N2O3. The van der Waals surface area contributed by atoms with Crippen LogP contribution in [-0.4, -0.2) is 23.2 Å². The highest BCUT2D eigenvalue weighted by Crippen LogP contribution is 2.14. The number of hydrogen-bond acceptors (Lipinski definition) is 4. The van der Waals surface area contributed by atoms with E-state index in [1.165, 1.54) is 6.08 Å². The van der Waals surface area contributed by atoms with Crippen LogP contribution in [0.15, 0.2) is 29.3 Å². The van der Waals surface area contributed by atoms with Crippen LogP contribution in [0.4, 0.5) is 5.69 Å². The molecule has 1 rings (SSSR count). The zero-order valence-corrected chi connectivity index (χ0v) is 7.88. The molecule has 0 aliphatic rings. The van der Waals surface area contributed by atoms with Gasteiger partial charge in [0.2, 0.25) is 6.08 Å². The smallest absolute Gasteiger partial charge is 0.320 e. The van der Waals surface area contributed by atoms with Crippen LogP contribution in [0.1, 0.15) is 5.56 Å². The van der Waals surface area contributed by atoms with Gasteiger partial charge in [0.25, 0.3) is 0 Å². The molecule has 0 radical (unpaired) electrons. The molecule has 0 amide bonds. The molecule has 0 saturated heterocycles. The Balaban J connectivity index is 2.82. The van der Waals surface area contributed by atoms with E-state index in [0.717, 1.165) is 5.56 Å². The van der Waals surface area contributed by atoms with Gasteiger partial charge in [-0.3, -0.25) is 4.79 Å². The first-order chi connectivity index (χ1) is 7.13. The number of hydrogen-bond donors (Lipinski definition) is 2. The molecule has 3 N–H and O–H groups in total. The van der Waals surface area contributed by atoms with Crippen LogP contribution in [0.5, 0.6) is 0 Å². The number of carboxylic acids is 1. The van der Waals surface area contributed by atoms with Crippen molar-refractivity contribution < 1.29 is 14.7 Å². The van der Waals surface area contributed by atoms with Crippen molar-refractivity contribution in [2.75, 3.05) is 0 Å². The van der Waals surface area contributed by atoms with E-state index in [2.05, 4.69) is 4.99 Å². The Bertz CT molecular complexity index is 411. The quantitative estimate of drug-likeness (QED) is 0.557. The number of carbonyl (C=O) groups is 1. The second-order valence-corrected chi connectivity index (χ2v) is 3.02. The third kappa shape index (κ3) is 3.34. The van der Waals surface area contributed by atoms with E-state index in [9.17, 15) is 9.59 Å². The Morgan fingerprint density at radius 3 is 2.93 bits per heavy atom. The van der Waals surface area contributed by atoms with Crippen molar-refractivity contribution in [3.8, 4) is 0 Å². The van der Waals surface area contributed by atoms with Gasteiger partial charge < -0.3 is 10.8 Å². The van der Waals surface area contributed by atoms with E-state index in [1.54, 1.807) is 24.3 Å². The number of isocyanates is 1. The molecular weight excluding hydrogens is 196 g/mol. The maximum atomic E-state index is 10.5. The van der Waals surface area contributed by atoms with Gasteiger partial charge in [-0.25, -0.2) is 4.79 Å². The van der Waals surface area contributed by atoms with Crippen molar-refractivity contribution >= 4 is 17.7 Å². The van der Waals surface area contributed by atoms with Crippen LogP contribution >= 0.6 is 0 Å². The van der Waals surface area contributed by atoms with Gasteiger partial charge in [0.15, 0.2) is 0 Å². The van der Waals surface area contributed by atoms with E-state index >= 15 is 0 Å². The summed E-state index contributed by atoms with van der Waals surface area (Å²) in [7, 11) is 0. The standard InChI is InChI=1S/C10H10N2O3/c11-9(10(14)15)5-7-2-1-3-8(4-7)12-6-13/h1-4,9H,5,11H2,(H,14,15). The van der Waals surface area contributed by atoms with Crippen LogP contribution in [-0.2, 0) is 16.0 Å². The van der Waals surface area contributed by atoms with Crippen molar-refractivity contribution in [1.82, 2.24) is 0 Å². The molecule has 1 aromatic carbocycles. The highest BCUT2D eigenvalue weighted by Gasteiger charge is 2.11. The van der Waals surface area contributed by atoms with Crippen molar-refractivity contribution in [3.05, 3.63) is 29.8 Å². The molecule has 5 heteroatoms. The first kappa shape index (κ1) is 11.1. The first-order valence-electron chi connectivity index (χ1n) is 4.28. The van der Waals surface area contributed by atoms with Crippen molar-refractivity contribution in [2.45, 2.75) is 12.5 Å². The fourth-order valence-electron chi connectivity index (χ4n) is 1.15. The van der Waals surface area contributed by atoms with Crippen molar-refractivity contribution in [2.24, 2.45) is 10.7 Å². The lowest BCUT2D eigenvalue weighted by Crippen LogP contribution is -2.32. The lowest BCUT2D eigenvalue weighted by atomic mass is 10.1. The Kier molecular flexibility index (Phi) is 3.74. The van der Waals surface area contributed by atoms with E-state index in [1.807, 2.05) is 0 Å². The maximum absolute atomic E-state index is 10.5. The highest BCUT2D eigenvalue weighted by molar-refractivity contribution is 5.73. The molecule has 1 atom stereocenters. The van der Waals surface area contributed by atoms with Crippen LogP contribution < -0.4 is 5.73 Å².